The third-order valence-corrected chi connectivity index (χ3v) is 5.08. The quantitative estimate of drug-likeness (QED) is 0.439. The predicted molar refractivity (Wildman–Crippen MR) is 89.1 cm³/mol. The van der Waals surface area contributed by atoms with E-state index < -0.39 is 40.6 Å². The van der Waals surface area contributed by atoms with E-state index in [2.05, 4.69) is 10.2 Å². The Morgan fingerprint density at radius 3 is 2.48 bits per heavy atom. The van der Waals surface area contributed by atoms with Crippen molar-refractivity contribution < 1.29 is 35.7 Å². The van der Waals surface area contributed by atoms with Crippen LogP contribution in [0.2, 0.25) is 0 Å². The van der Waals surface area contributed by atoms with Crippen LogP contribution in [0.4, 0.5) is 26.3 Å². The van der Waals surface area contributed by atoms with Crippen molar-refractivity contribution in [2.45, 2.75) is 37.4 Å². The van der Waals surface area contributed by atoms with Crippen molar-refractivity contribution >= 4 is 17.9 Å². The lowest BCUT2D eigenvalue weighted by atomic mass is 10.1. The molecule has 1 unspecified atom stereocenters. The Labute approximate surface area is 164 Å². The van der Waals surface area contributed by atoms with Crippen molar-refractivity contribution in [1.82, 2.24) is 19.7 Å². The molecule has 2 aromatic rings. The Kier molecular flexibility index (Phi) is 6.08. The molecule has 0 fully saturated rings. The lowest BCUT2D eigenvalue weighted by Gasteiger charge is -2.29. The highest BCUT2D eigenvalue weighted by Gasteiger charge is 2.40. The predicted octanol–water partition coefficient (Wildman–Crippen LogP) is 3.26. The minimum Gasteiger partial charge on any atom is -0.333 e. The van der Waals surface area contributed by atoms with Crippen LogP contribution in [0, 0.1) is 17.5 Å². The van der Waals surface area contributed by atoms with E-state index >= 15 is 0 Å². The first kappa shape index (κ1) is 21.4. The maximum Gasteiger partial charge on any atom is 0.451 e. The normalized spacial score (nSPS) is 15.3. The lowest BCUT2D eigenvalue weighted by molar-refractivity contribution is -0.148. The highest BCUT2D eigenvalue weighted by atomic mass is 32.2. The number of nitrogens with zero attached hydrogens (tertiary/aromatic N) is 4. The standard InChI is InChI=1S/C16H14F6N4O2S/c17-10-6-12(19)11(18)4-8(10)3-9(29-28)5-14(27)25-1-2-26-13(7-25)23-24-15(26)16(20,21)22/h4,6,9,28H,1-3,5,7H2. The van der Waals surface area contributed by atoms with Gasteiger partial charge in [-0.1, -0.05) is 0 Å². The Morgan fingerprint density at radius 1 is 1.14 bits per heavy atom. The summed E-state index contributed by atoms with van der Waals surface area (Å²) < 4.78 is 89.0. The monoisotopic (exact) mass is 440 g/mol. The second-order valence-corrected chi connectivity index (χ2v) is 7.28. The number of hydrogen-bond donors (Lipinski definition) is 1. The molecule has 0 aliphatic carbocycles. The topological polar surface area (TPSA) is 71.2 Å². The van der Waals surface area contributed by atoms with Crippen LogP contribution in [0.25, 0.3) is 0 Å². The van der Waals surface area contributed by atoms with Gasteiger partial charge in [-0.3, -0.25) is 4.79 Å². The molecule has 1 aliphatic rings. The first-order chi connectivity index (χ1) is 13.6. The molecule has 1 aromatic heterocycles. The molecule has 1 amide bonds. The van der Waals surface area contributed by atoms with Gasteiger partial charge in [-0.15, -0.1) is 10.2 Å². The molecule has 2 heterocycles. The maximum atomic E-state index is 13.8. The van der Waals surface area contributed by atoms with E-state index in [9.17, 15) is 35.7 Å². The van der Waals surface area contributed by atoms with Crippen LogP contribution >= 0.6 is 12.0 Å². The Morgan fingerprint density at radius 2 is 1.83 bits per heavy atom. The SMILES string of the molecule is O=C(CC(Cc1cc(F)c(F)cc1F)SO)N1CCn2c(nnc2C(F)(F)F)C1. The molecule has 0 bridgehead atoms. The minimum atomic E-state index is -4.66. The summed E-state index contributed by atoms with van der Waals surface area (Å²) in [6.45, 7) is -0.392. The van der Waals surface area contributed by atoms with Crippen LogP contribution in [-0.4, -0.2) is 41.9 Å². The van der Waals surface area contributed by atoms with E-state index in [1.807, 2.05) is 0 Å². The smallest absolute Gasteiger partial charge is 0.333 e. The zero-order valence-electron chi connectivity index (χ0n) is 14.6. The summed E-state index contributed by atoms with van der Waals surface area (Å²) in [4.78, 5) is 13.7. The van der Waals surface area contributed by atoms with E-state index in [0.29, 0.717) is 12.1 Å². The van der Waals surface area contributed by atoms with Gasteiger partial charge in [-0.25, -0.2) is 13.2 Å². The largest absolute Gasteiger partial charge is 0.451 e. The van der Waals surface area contributed by atoms with Crippen molar-refractivity contribution in [3.63, 3.8) is 0 Å². The van der Waals surface area contributed by atoms with E-state index in [1.54, 1.807) is 0 Å². The summed E-state index contributed by atoms with van der Waals surface area (Å²) in [7, 11) is 0. The summed E-state index contributed by atoms with van der Waals surface area (Å²) in [6, 6.07) is 1.03. The number of fused-ring (bicyclic) bond motifs is 1. The van der Waals surface area contributed by atoms with Crippen molar-refractivity contribution in [3.05, 3.63) is 46.8 Å². The maximum absolute atomic E-state index is 13.8. The zero-order valence-corrected chi connectivity index (χ0v) is 15.4. The summed E-state index contributed by atoms with van der Waals surface area (Å²) in [5.74, 6) is -5.31. The second kappa shape index (κ2) is 8.22. The van der Waals surface area contributed by atoms with Crippen LogP contribution in [0.5, 0.6) is 0 Å². The minimum absolute atomic E-state index is 0.0308. The summed E-state index contributed by atoms with van der Waals surface area (Å²) >= 11 is 0.257. The number of alkyl halides is 3. The molecule has 1 N–H and O–H groups in total. The van der Waals surface area contributed by atoms with Crippen molar-refractivity contribution in [1.29, 1.82) is 0 Å². The van der Waals surface area contributed by atoms with E-state index in [4.69, 9.17) is 0 Å². The number of halogens is 6. The average Bonchev–Trinajstić information content (AvgIpc) is 3.08. The number of benzene rings is 1. The molecule has 13 heteroatoms. The number of rotatable bonds is 5. The molecule has 3 rings (SSSR count). The van der Waals surface area contributed by atoms with Gasteiger partial charge in [0.1, 0.15) is 5.82 Å². The number of carbonyl (C=O) groups excluding carboxylic acids is 1. The van der Waals surface area contributed by atoms with Gasteiger partial charge in [0.05, 0.1) is 6.54 Å². The third-order valence-electron chi connectivity index (χ3n) is 4.45. The first-order valence-corrected chi connectivity index (χ1v) is 9.14. The Hall–Kier alpha value is -2.28. The molecular formula is C16H14F6N4O2S. The number of carbonyl (C=O) groups is 1. The Balaban J connectivity index is 1.66. The van der Waals surface area contributed by atoms with Crippen molar-refractivity contribution in [2.75, 3.05) is 6.54 Å². The van der Waals surface area contributed by atoms with Gasteiger partial charge in [0, 0.05) is 30.8 Å². The summed E-state index contributed by atoms with van der Waals surface area (Å²) in [5, 5.41) is 5.72. The molecular weight excluding hydrogens is 426 g/mol. The fraction of sp³-hybridized carbons (Fsp3) is 0.438. The number of aromatic nitrogens is 3. The van der Waals surface area contributed by atoms with Gasteiger partial charge < -0.3 is 14.0 Å². The van der Waals surface area contributed by atoms with Crippen molar-refractivity contribution in [2.24, 2.45) is 0 Å². The Bertz CT molecular complexity index is 920. The van der Waals surface area contributed by atoms with Crippen LogP contribution in [0.3, 0.4) is 0 Å². The van der Waals surface area contributed by atoms with Crippen LogP contribution in [0.1, 0.15) is 23.6 Å². The van der Waals surface area contributed by atoms with Gasteiger partial charge >= 0.3 is 6.18 Å². The molecule has 1 aromatic carbocycles. The molecule has 0 spiro atoms. The molecule has 0 saturated heterocycles. The molecule has 0 radical (unpaired) electrons. The highest BCUT2D eigenvalue weighted by Crippen LogP contribution is 2.30. The molecule has 0 saturated carbocycles. The third kappa shape index (κ3) is 4.66. The fourth-order valence-corrected chi connectivity index (χ4v) is 3.49. The van der Waals surface area contributed by atoms with Gasteiger partial charge in [0.25, 0.3) is 0 Å². The average molecular weight is 440 g/mol. The molecule has 1 atom stereocenters. The lowest BCUT2D eigenvalue weighted by Crippen LogP contribution is -2.40. The zero-order chi connectivity index (χ0) is 21.3. The van der Waals surface area contributed by atoms with Crippen LogP contribution < -0.4 is 0 Å². The van der Waals surface area contributed by atoms with Gasteiger partial charge in [-0.2, -0.15) is 13.2 Å². The first-order valence-electron chi connectivity index (χ1n) is 8.30. The second-order valence-electron chi connectivity index (χ2n) is 6.40. The summed E-state index contributed by atoms with van der Waals surface area (Å²) in [6.07, 6.45) is -5.21. The van der Waals surface area contributed by atoms with Crippen molar-refractivity contribution in [3.8, 4) is 0 Å². The van der Waals surface area contributed by atoms with E-state index in [1.165, 1.54) is 4.90 Å². The molecule has 29 heavy (non-hydrogen) atoms. The summed E-state index contributed by atoms with van der Waals surface area (Å²) in [5.41, 5.74) is -0.212. The number of hydrogen-bond acceptors (Lipinski definition) is 5. The molecule has 158 valence electrons. The van der Waals surface area contributed by atoms with Gasteiger partial charge in [0.2, 0.25) is 11.7 Å². The molecule has 1 aliphatic heterocycles. The highest BCUT2D eigenvalue weighted by molar-refractivity contribution is 7.94. The fourth-order valence-electron chi connectivity index (χ4n) is 3.02. The van der Waals surface area contributed by atoms with Crippen LogP contribution in [0.15, 0.2) is 12.1 Å². The van der Waals surface area contributed by atoms with Gasteiger partial charge in [-0.05, 0) is 30.1 Å². The number of amides is 1. The van der Waals surface area contributed by atoms with Crippen LogP contribution in [-0.2, 0) is 30.5 Å². The van der Waals surface area contributed by atoms with Gasteiger partial charge in [0.15, 0.2) is 17.5 Å². The molecule has 6 nitrogen and oxygen atoms in total. The van der Waals surface area contributed by atoms with E-state index in [0.717, 1.165) is 4.57 Å². The van der Waals surface area contributed by atoms with E-state index in [-0.39, 0.29) is 55.9 Å².